The molecular weight excluding hydrogens is 310 g/mol. The molecule has 0 unspecified atom stereocenters. The fourth-order valence-electron chi connectivity index (χ4n) is 2.85. The molecule has 2 rings (SSSR count). The molecule has 0 bridgehead atoms. The molecule has 0 heterocycles. The lowest BCUT2D eigenvalue weighted by molar-refractivity contribution is -0.125. The Morgan fingerprint density at radius 2 is 1.75 bits per heavy atom. The van der Waals surface area contributed by atoms with Gasteiger partial charge in [0.15, 0.2) is 18.1 Å². The van der Waals surface area contributed by atoms with Gasteiger partial charge in [-0.15, -0.1) is 0 Å². The predicted octanol–water partition coefficient (Wildman–Crippen LogP) is 2.56. The zero-order chi connectivity index (χ0) is 17.5. The van der Waals surface area contributed by atoms with E-state index in [0.29, 0.717) is 17.1 Å². The first-order chi connectivity index (χ1) is 11.5. The molecule has 24 heavy (non-hydrogen) atoms. The maximum absolute atomic E-state index is 12.1. The maximum atomic E-state index is 12.1. The number of carbonyl (C=O) groups excluding carboxylic acids is 2. The van der Waals surface area contributed by atoms with Crippen LogP contribution in [-0.4, -0.2) is 38.7 Å². The topological polar surface area (TPSA) is 73.9 Å². The molecule has 0 spiro atoms. The second-order valence-electron chi connectivity index (χ2n) is 6.17. The van der Waals surface area contributed by atoms with Gasteiger partial charge in [0.1, 0.15) is 0 Å². The van der Waals surface area contributed by atoms with Crippen LogP contribution in [0, 0.1) is 5.92 Å². The van der Waals surface area contributed by atoms with Crippen LogP contribution in [0.1, 0.15) is 43.0 Å². The van der Waals surface area contributed by atoms with E-state index in [1.54, 1.807) is 12.1 Å². The molecule has 0 radical (unpaired) electrons. The number of hydrogen-bond donors (Lipinski definition) is 1. The largest absolute Gasteiger partial charge is 0.493 e. The van der Waals surface area contributed by atoms with Gasteiger partial charge in [0.25, 0.3) is 5.91 Å². The third-order valence-electron chi connectivity index (χ3n) is 4.33. The summed E-state index contributed by atoms with van der Waals surface area (Å²) in [5.41, 5.74) is 0.312. The van der Waals surface area contributed by atoms with Gasteiger partial charge in [-0.25, -0.2) is 4.79 Å². The molecule has 1 fully saturated rings. The molecule has 0 saturated heterocycles. The molecule has 1 N–H and O–H groups in total. The highest BCUT2D eigenvalue weighted by atomic mass is 16.5. The van der Waals surface area contributed by atoms with Crippen molar-refractivity contribution >= 4 is 11.9 Å². The van der Waals surface area contributed by atoms with E-state index >= 15 is 0 Å². The van der Waals surface area contributed by atoms with Crippen molar-refractivity contribution in [3.05, 3.63) is 23.8 Å². The van der Waals surface area contributed by atoms with E-state index < -0.39 is 5.97 Å². The molecule has 1 amide bonds. The number of rotatable bonds is 6. The quantitative estimate of drug-likeness (QED) is 0.809. The highest BCUT2D eigenvalue weighted by molar-refractivity contribution is 5.92. The van der Waals surface area contributed by atoms with Gasteiger partial charge in [-0.3, -0.25) is 4.79 Å². The zero-order valence-corrected chi connectivity index (χ0v) is 14.5. The molecule has 1 saturated carbocycles. The van der Waals surface area contributed by atoms with Crippen LogP contribution in [0.15, 0.2) is 18.2 Å². The number of amides is 1. The van der Waals surface area contributed by atoms with Gasteiger partial charge < -0.3 is 19.5 Å². The van der Waals surface area contributed by atoms with E-state index in [1.807, 2.05) is 0 Å². The Bertz CT molecular complexity index is 579. The van der Waals surface area contributed by atoms with Gasteiger partial charge in [0.2, 0.25) is 0 Å². The lowest BCUT2D eigenvalue weighted by Crippen LogP contribution is -2.39. The minimum atomic E-state index is -0.566. The third-order valence-corrected chi connectivity index (χ3v) is 4.33. The first kappa shape index (κ1) is 18.1. The summed E-state index contributed by atoms with van der Waals surface area (Å²) in [6.07, 6.45) is 4.21. The minimum absolute atomic E-state index is 0.188. The molecule has 1 aromatic carbocycles. The van der Waals surface area contributed by atoms with Crippen molar-refractivity contribution in [2.75, 3.05) is 20.8 Å². The van der Waals surface area contributed by atoms with Gasteiger partial charge in [0, 0.05) is 6.04 Å². The van der Waals surface area contributed by atoms with Crippen molar-refractivity contribution < 1.29 is 23.8 Å². The van der Waals surface area contributed by atoms with Crippen LogP contribution < -0.4 is 14.8 Å². The van der Waals surface area contributed by atoms with Crippen LogP contribution >= 0.6 is 0 Å². The van der Waals surface area contributed by atoms with Crippen LogP contribution in [-0.2, 0) is 9.53 Å². The first-order valence-corrected chi connectivity index (χ1v) is 8.22. The molecule has 0 atom stereocenters. The predicted molar refractivity (Wildman–Crippen MR) is 89.4 cm³/mol. The molecule has 132 valence electrons. The van der Waals surface area contributed by atoms with Gasteiger partial charge in [-0.05, 0) is 49.8 Å². The summed E-state index contributed by atoms with van der Waals surface area (Å²) in [5, 5.41) is 2.93. The number of methoxy groups -OCH3 is 2. The number of esters is 1. The summed E-state index contributed by atoms with van der Waals surface area (Å²) in [5.74, 6) is 0.860. The molecule has 1 aliphatic carbocycles. The summed E-state index contributed by atoms with van der Waals surface area (Å²) < 4.78 is 15.3. The Morgan fingerprint density at radius 1 is 1.08 bits per heavy atom. The molecule has 6 nitrogen and oxygen atoms in total. The summed E-state index contributed by atoms with van der Waals surface area (Å²) in [4.78, 5) is 24.0. The molecular formula is C18H25NO5. The fraction of sp³-hybridized carbons (Fsp3) is 0.556. The van der Waals surface area contributed by atoms with Crippen molar-refractivity contribution in [3.8, 4) is 11.5 Å². The van der Waals surface area contributed by atoms with Crippen LogP contribution in [0.2, 0.25) is 0 Å². The van der Waals surface area contributed by atoms with Crippen LogP contribution in [0.5, 0.6) is 11.5 Å². The SMILES string of the molecule is COc1ccc(C(=O)OCC(=O)NC2CCC(C)CC2)cc1OC. The van der Waals surface area contributed by atoms with Gasteiger partial charge in [-0.2, -0.15) is 0 Å². The van der Waals surface area contributed by atoms with E-state index in [0.717, 1.165) is 31.6 Å². The smallest absolute Gasteiger partial charge is 0.338 e. The number of nitrogens with one attached hydrogen (secondary N) is 1. The first-order valence-electron chi connectivity index (χ1n) is 8.22. The maximum Gasteiger partial charge on any atom is 0.338 e. The summed E-state index contributed by atoms with van der Waals surface area (Å²) in [7, 11) is 3.01. The number of hydrogen-bond acceptors (Lipinski definition) is 5. The summed E-state index contributed by atoms with van der Waals surface area (Å²) in [6, 6.07) is 4.91. The Morgan fingerprint density at radius 3 is 2.38 bits per heavy atom. The van der Waals surface area contributed by atoms with Crippen LogP contribution in [0.25, 0.3) is 0 Å². The van der Waals surface area contributed by atoms with Crippen molar-refractivity contribution in [1.82, 2.24) is 5.32 Å². The van der Waals surface area contributed by atoms with Crippen LogP contribution in [0.4, 0.5) is 0 Å². The standard InChI is InChI=1S/C18H25NO5/c1-12-4-7-14(8-5-12)19-17(20)11-24-18(21)13-6-9-15(22-2)16(10-13)23-3/h6,9-10,12,14H,4-5,7-8,11H2,1-3H3,(H,19,20). The van der Waals surface area contributed by atoms with E-state index in [9.17, 15) is 9.59 Å². The Kier molecular flexibility index (Phi) is 6.46. The average molecular weight is 335 g/mol. The highest BCUT2D eigenvalue weighted by Crippen LogP contribution is 2.27. The molecule has 0 aromatic heterocycles. The fourth-order valence-corrected chi connectivity index (χ4v) is 2.85. The van der Waals surface area contributed by atoms with Gasteiger partial charge in [-0.1, -0.05) is 6.92 Å². The van der Waals surface area contributed by atoms with E-state index in [1.165, 1.54) is 20.3 Å². The van der Waals surface area contributed by atoms with Gasteiger partial charge in [0.05, 0.1) is 19.8 Å². The zero-order valence-electron chi connectivity index (χ0n) is 14.5. The second-order valence-corrected chi connectivity index (χ2v) is 6.17. The Labute approximate surface area is 142 Å². The van der Waals surface area contributed by atoms with E-state index in [2.05, 4.69) is 12.2 Å². The number of ether oxygens (including phenoxy) is 3. The molecule has 1 aromatic rings. The Hall–Kier alpha value is -2.24. The summed E-state index contributed by atoms with van der Waals surface area (Å²) >= 11 is 0. The number of carbonyl (C=O) groups is 2. The summed E-state index contributed by atoms with van der Waals surface area (Å²) in [6.45, 7) is 1.95. The monoisotopic (exact) mass is 335 g/mol. The average Bonchev–Trinajstić information content (AvgIpc) is 2.61. The molecule has 6 heteroatoms. The molecule has 0 aliphatic heterocycles. The lowest BCUT2D eigenvalue weighted by Gasteiger charge is -2.26. The normalized spacial score (nSPS) is 20.1. The molecule has 1 aliphatic rings. The van der Waals surface area contributed by atoms with Crippen molar-refractivity contribution in [3.63, 3.8) is 0 Å². The lowest BCUT2D eigenvalue weighted by atomic mass is 9.87. The van der Waals surface area contributed by atoms with Crippen molar-refractivity contribution in [1.29, 1.82) is 0 Å². The van der Waals surface area contributed by atoms with E-state index in [-0.39, 0.29) is 18.6 Å². The Balaban J connectivity index is 1.83. The second kappa shape index (κ2) is 8.57. The van der Waals surface area contributed by atoms with Crippen molar-refractivity contribution in [2.24, 2.45) is 5.92 Å². The van der Waals surface area contributed by atoms with Gasteiger partial charge >= 0.3 is 5.97 Å². The number of benzene rings is 1. The third kappa shape index (κ3) is 4.88. The van der Waals surface area contributed by atoms with E-state index in [4.69, 9.17) is 14.2 Å². The van der Waals surface area contributed by atoms with Crippen molar-refractivity contribution in [2.45, 2.75) is 38.6 Å². The highest BCUT2D eigenvalue weighted by Gasteiger charge is 2.20. The van der Waals surface area contributed by atoms with Crippen LogP contribution in [0.3, 0.4) is 0 Å². The minimum Gasteiger partial charge on any atom is -0.493 e.